The zero-order valence-corrected chi connectivity index (χ0v) is 5.17. The number of rotatable bonds is 2. The van der Waals surface area contributed by atoms with Crippen LogP contribution in [0.2, 0.25) is 5.79 Å². The van der Waals surface area contributed by atoms with Crippen molar-refractivity contribution in [1.29, 1.82) is 0 Å². The quantitative estimate of drug-likeness (QED) is 0.447. The fourth-order valence-electron chi connectivity index (χ4n) is 0.0745. The summed E-state index contributed by atoms with van der Waals surface area (Å²) < 4.78 is 0. The summed E-state index contributed by atoms with van der Waals surface area (Å²) in [5.74, 6) is 2.04. The van der Waals surface area contributed by atoms with Crippen LogP contribution in [0.1, 0.15) is 0 Å². The average Bonchev–Trinajstić information content (AvgIpc) is 1.65. The lowest BCUT2D eigenvalue weighted by atomic mass is 11.5. The van der Waals surface area contributed by atoms with E-state index in [2.05, 4.69) is 0 Å². The van der Waals surface area contributed by atoms with Gasteiger partial charge in [0.2, 0.25) is 0 Å². The Balaban J connectivity index is 2.75. The first kappa shape index (κ1) is 6.45. The lowest BCUT2D eigenvalue weighted by molar-refractivity contribution is 0.362. The van der Waals surface area contributed by atoms with Crippen molar-refractivity contribution in [2.45, 2.75) is 5.79 Å². The van der Waals surface area contributed by atoms with Crippen molar-refractivity contribution in [3.05, 3.63) is 0 Å². The van der Waals surface area contributed by atoms with Gasteiger partial charge >= 0.3 is 14.1 Å². The van der Waals surface area contributed by atoms with Crippen LogP contribution in [0.5, 0.6) is 0 Å². The smallest absolute Gasteiger partial charge is 0.314 e. The van der Waals surface area contributed by atoms with Crippen molar-refractivity contribution in [3.8, 4) is 0 Å². The number of hydrogen-bond acceptors (Lipinski definition) is 2. The molecule has 0 saturated carbocycles. The maximum atomic E-state index is 8.32. The standard InChI is InChI=1S/CH4N.CH3O.CH3.Al/c2*1-2;;/h1-2H2;2H,1H2;1H3;. The molecule has 0 aliphatic heterocycles. The largest absolute Gasteiger partial charge is 0.411 e. The number of hydrogen-bond donors (Lipinski definition) is 2. The van der Waals surface area contributed by atoms with Crippen molar-refractivity contribution >= 4 is 14.1 Å². The molecule has 0 aromatic heterocycles. The van der Waals surface area contributed by atoms with Gasteiger partial charge in [-0.1, -0.05) is 0 Å². The van der Waals surface area contributed by atoms with Crippen LogP contribution in [0.4, 0.5) is 0 Å². The summed E-state index contributed by atoms with van der Waals surface area (Å²) in [7, 11) is 0. The fraction of sp³-hybridized carbons (Fsp3) is 1.00. The second kappa shape index (κ2) is 3.64. The summed E-state index contributed by atoms with van der Waals surface area (Å²) in [4.78, 5) is 0. The molecule has 0 bridgehead atoms. The van der Waals surface area contributed by atoms with Gasteiger partial charge in [0.1, 0.15) is 0 Å². The van der Waals surface area contributed by atoms with Gasteiger partial charge in [0, 0.05) is 0 Å². The second-order valence-corrected chi connectivity index (χ2v) is 4.57. The fourth-order valence-corrected chi connectivity index (χ4v) is 0.224. The topological polar surface area (TPSA) is 46.2 Å². The summed E-state index contributed by atoms with van der Waals surface area (Å²) in [6.07, 6.45) is 0. The average molecular weight is 103 g/mol. The molecule has 3 heteroatoms. The van der Waals surface area contributed by atoms with E-state index >= 15 is 0 Å². The highest BCUT2D eigenvalue weighted by atomic mass is 27.2. The van der Waals surface area contributed by atoms with Crippen molar-refractivity contribution < 1.29 is 5.11 Å². The Bertz CT molecular complexity index is 30.0. The molecule has 0 aromatic carbocycles. The van der Waals surface area contributed by atoms with Gasteiger partial charge in [-0.15, -0.1) is 5.79 Å². The molecule has 0 rings (SSSR count). The molecule has 0 saturated heterocycles. The highest BCUT2D eigenvalue weighted by molar-refractivity contribution is 6.57. The molecule has 0 atom stereocenters. The predicted molar refractivity (Wildman–Crippen MR) is 27.8 cm³/mol. The van der Waals surface area contributed by atoms with Gasteiger partial charge < -0.3 is 10.8 Å². The van der Waals surface area contributed by atoms with Crippen LogP contribution in [0.3, 0.4) is 0 Å². The van der Waals surface area contributed by atoms with E-state index in [0.29, 0.717) is 5.47 Å². The van der Waals surface area contributed by atoms with Crippen LogP contribution in [0, 0.1) is 0 Å². The second-order valence-electron chi connectivity index (χ2n) is 1.52. The molecule has 0 radical (unpaired) electrons. The number of aliphatic hydroxyl groups is 1. The van der Waals surface area contributed by atoms with Gasteiger partial charge in [-0.3, -0.25) is 0 Å². The molecule has 0 heterocycles. The van der Waals surface area contributed by atoms with E-state index in [1.54, 1.807) is 0 Å². The van der Waals surface area contributed by atoms with Crippen molar-refractivity contribution in [2.24, 2.45) is 5.73 Å². The lowest BCUT2D eigenvalue weighted by Gasteiger charge is -1.90. The van der Waals surface area contributed by atoms with Gasteiger partial charge in [-0.05, 0) is 10.9 Å². The first-order valence-electron chi connectivity index (χ1n) is 2.12. The predicted octanol–water partition coefficient (Wildman–Crippen LogP) is -0.860. The summed E-state index contributed by atoms with van der Waals surface area (Å²) >= 11 is -0.827. The van der Waals surface area contributed by atoms with Crippen LogP contribution in [-0.4, -0.2) is 30.1 Å². The molecule has 0 aliphatic rings. The zero-order chi connectivity index (χ0) is 4.99. The summed E-state index contributed by atoms with van der Waals surface area (Å²) in [5.41, 5.74) is 5.53. The number of nitrogens with two attached hydrogens (primary N) is 1. The van der Waals surface area contributed by atoms with Crippen molar-refractivity contribution in [2.75, 3.05) is 10.9 Å². The Morgan fingerprint density at radius 1 is 1.83 bits per heavy atom. The molecule has 0 spiro atoms. The Labute approximate surface area is 42.4 Å². The minimum Gasteiger partial charge on any atom is -0.411 e. The third-order valence-corrected chi connectivity index (χ3v) is 2.14. The van der Waals surface area contributed by atoms with Gasteiger partial charge in [0.05, 0.1) is 0 Å². The molecular formula is C3H10AlNO. The highest BCUT2D eigenvalue weighted by Gasteiger charge is 2.02. The van der Waals surface area contributed by atoms with Crippen molar-refractivity contribution in [1.82, 2.24) is 0 Å². The van der Waals surface area contributed by atoms with E-state index in [9.17, 15) is 0 Å². The van der Waals surface area contributed by atoms with Crippen LogP contribution in [0.25, 0.3) is 0 Å². The SMILES string of the molecule is [CH3][Al]([CH2]N)[CH2]O. The molecule has 0 unspecified atom stereocenters. The van der Waals surface area contributed by atoms with Crippen molar-refractivity contribution in [3.63, 3.8) is 0 Å². The van der Waals surface area contributed by atoms with Crippen LogP contribution in [0.15, 0.2) is 0 Å². The Morgan fingerprint density at radius 2 is 2.33 bits per heavy atom. The summed E-state index contributed by atoms with van der Waals surface area (Å²) in [6, 6.07) is 0. The molecular weight excluding hydrogens is 93.0 g/mol. The monoisotopic (exact) mass is 103 g/mol. The van der Waals surface area contributed by atoms with E-state index < -0.39 is 14.1 Å². The molecule has 36 valence electrons. The molecule has 3 N–H and O–H groups in total. The van der Waals surface area contributed by atoms with E-state index in [4.69, 9.17) is 10.8 Å². The minimum absolute atomic E-state index is 0.344. The highest BCUT2D eigenvalue weighted by Crippen LogP contribution is 1.69. The third-order valence-electron chi connectivity index (χ3n) is 0.714. The van der Waals surface area contributed by atoms with Gasteiger partial charge in [0.15, 0.2) is 0 Å². The Hall–Kier alpha value is 0.452. The van der Waals surface area contributed by atoms with Gasteiger partial charge in [-0.2, -0.15) is 0 Å². The van der Waals surface area contributed by atoms with E-state index in [1.165, 1.54) is 0 Å². The molecule has 0 amide bonds. The first-order chi connectivity index (χ1) is 2.81. The van der Waals surface area contributed by atoms with Crippen LogP contribution >= 0.6 is 0 Å². The van der Waals surface area contributed by atoms with E-state index in [-0.39, 0.29) is 0 Å². The molecule has 2 nitrogen and oxygen atoms in total. The van der Waals surface area contributed by atoms with Gasteiger partial charge in [-0.25, -0.2) is 0 Å². The molecule has 0 fully saturated rings. The summed E-state index contributed by atoms with van der Waals surface area (Å²) in [5, 5.41) is 9.04. The van der Waals surface area contributed by atoms with Crippen LogP contribution in [-0.2, 0) is 0 Å². The first-order valence-corrected chi connectivity index (χ1v) is 4.91. The summed E-state index contributed by atoms with van der Waals surface area (Å²) in [6.45, 7) is 0. The third kappa shape index (κ3) is 2.68. The lowest BCUT2D eigenvalue weighted by Crippen LogP contribution is -2.25. The maximum Gasteiger partial charge on any atom is 0.314 e. The van der Waals surface area contributed by atoms with E-state index in [1.807, 2.05) is 5.79 Å². The maximum absolute atomic E-state index is 8.32. The molecule has 6 heavy (non-hydrogen) atoms. The van der Waals surface area contributed by atoms with E-state index in [0.717, 1.165) is 5.41 Å². The normalized spacial score (nSPS) is 8.50. The van der Waals surface area contributed by atoms with Gasteiger partial charge in [0.25, 0.3) is 0 Å². The Morgan fingerprint density at radius 3 is 2.33 bits per heavy atom. The zero-order valence-electron chi connectivity index (χ0n) is 4.02. The Kier molecular flexibility index (Phi) is 3.91. The van der Waals surface area contributed by atoms with Crippen LogP contribution < -0.4 is 5.73 Å². The number of aliphatic hydroxyl groups excluding tert-OH is 1. The minimum atomic E-state index is -0.827. The molecule has 0 aromatic rings. The molecule has 0 aliphatic carbocycles.